The summed E-state index contributed by atoms with van der Waals surface area (Å²) in [6, 6.07) is 9.18. The van der Waals surface area contributed by atoms with E-state index in [9.17, 15) is 0 Å². The zero-order valence-electron chi connectivity index (χ0n) is 12.4. The summed E-state index contributed by atoms with van der Waals surface area (Å²) in [4.78, 5) is 2.46. The smallest absolute Gasteiger partial charge is 0.121 e. The Hall–Kier alpha value is -1.22. The van der Waals surface area contributed by atoms with E-state index in [1.807, 2.05) is 0 Å². The molecule has 1 heterocycles. The molecular formula is C16H26N2O. The lowest BCUT2D eigenvalue weighted by Crippen LogP contribution is -2.41. The quantitative estimate of drug-likeness (QED) is 0.882. The predicted octanol–water partition coefficient (Wildman–Crippen LogP) is 3.05. The number of hydrogen-bond acceptors (Lipinski definition) is 3. The number of rotatable bonds is 5. The summed E-state index contributed by atoms with van der Waals surface area (Å²) < 4.78 is 5.90. The standard InChI is InChI=1S/C16H26N2O/c1-4-13(2)19-16-7-5-6-15(12-16)18-10-8-14(17-3)9-11-18/h5-7,12-14,17H,4,8-11H2,1-3H3. The molecule has 2 rings (SSSR count). The molecule has 1 aliphatic heterocycles. The largest absolute Gasteiger partial charge is 0.491 e. The normalized spacial score (nSPS) is 18.4. The van der Waals surface area contributed by atoms with Crippen LogP contribution in [0.3, 0.4) is 0 Å². The topological polar surface area (TPSA) is 24.5 Å². The van der Waals surface area contributed by atoms with Crippen LogP contribution in [-0.4, -0.2) is 32.3 Å². The van der Waals surface area contributed by atoms with Crippen molar-refractivity contribution in [2.45, 2.75) is 45.3 Å². The average molecular weight is 262 g/mol. The number of anilines is 1. The lowest BCUT2D eigenvalue weighted by atomic mass is 10.0. The van der Waals surface area contributed by atoms with Crippen molar-refractivity contribution in [1.82, 2.24) is 5.32 Å². The van der Waals surface area contributed by atoms with Crippen LogP contribution >= 0.6 is 0 Å². The van der Waals surface area contributed by atoms with Crippen molar-refractivity contribution >= 4 is 5.69 Å². The van der Waals surface area contributed by atoms with E-state index in [0.717, 1.165) is 25.3 Å². The summed E-state index contributed by atoms with van der Waals surface area (Å²) in [5.74, 6) is 0.989. The molecular weight excluding hydrogens is 236 g/mol. The lowest BCUT2D eigenvalue weighted by Gasteiger charge is -2.33. The minimum Gasteiger partial charge on any atom is -0.491 e. The molecule has 1 N–H and O–H groups in total. The van der Waals surface area contributed by atoms with E-state index in [1.165, 1.54) is 18.5 Å². The molecule has 0 bridgehead atoms. The van der Waals surface area contributed by atoms with Crippen molar-refractivity contribution in [3.8, 4) is 5.75 Å². The highest BCUT2D eigenvalue weighted by Crippen LogP contribution is 2.25. The molecule has 0 radical (unpaired) electrons. The molecule has 0 saturated carbocycles. The molecule has 1 aliphatic rings. The van der Waals surface area contributed by atoms with Gasteiger partial charge in [0.1, 0.15) is 5.75 Å². The van der Waals surface area contributed by atoms with Crippen LogP contribution in [0, 0.1) is 0 Å². The summed E-state index contributed by atoms with van der Waals surface area (Å²) in [6.07, 6.45) is 3.75. The summed E-state index contributed by atoms with van der Waals surface area (Å²) >= 11 is 0. The number of benzene rings is 1. The van der Waals surface area contributed by atoms with Crippen LogP contribution in [0.5, 0.6) is 5.75 Å². The number of hydrogen-bond donors (Lipinski definition) is 1. The molecule has 0 aromatic heterocycles. The first-order valence-electron chi connectivity index (χ1n) is 7.42. The van der Waals surface area contributed by atoms with Gasteiger partial charge in [0, 0.05) is 30.9 Å². The lowest BCUT2D eigenvalue weighted by molar-refractivity contribution is 0.217. The van der Waals surface area contributed by atoms with Gasteiger partial charge >= 0.3 is 0 Å². The molecule has 1 fully saturated rings. The van der Waals surface area contributed by atoms with Gasteiger partial charge in [-0.05, 0) is 45.4 Å². The number of ether oxygens (including phenoxy) is 1. The van der Waals surface area contributed by atoms with Gasteiger partial charge in [0.25, 0.3) is 0 Å². The molecule has 106 valence electrons. The van der Waals surface area contributed by atoms with Crippen LogP contribution in [-0.2, 0) is 0 Å². The van der Waals surface area contributed by atoms with Gasteiger partial charge < -0.3 is 15.0 Å². The van der Waals surface area contributed by atoms with E-state index in [-0.39, 0.29) is 6.10 Å². The summed E-state index contributed by atoms with van der Waals surface area (Å²) in [5, 5.41) is 3.37. The molecule has 0 aliphatic carbocycles. The van der Waals surface area contributed by atoms with Gasteiger partial charge in [0.15, 0.2) is 0 Å². The molecule has 0 amide bonds. The molecule has 1 atom stereocenters. The first kappa shape index (κ1) is 14.2. The van der Waals surface area contributed by atoms with Crippen LogP contribution in [0.25, 0.3) is 0 Å². The minimum absolute atomic E-state index is 0.283. The highest BCUT2D eigenvalue weighted by atomic mass is 16.5. The fourth-order valence-electron chi connectivity index (χ4n) is 2.50. The predicted molar refractivity (Wildman–Crippen MR) is 81.1 cm³/mol. The van der Waals surface area contributed by atoms with Crippen molar-refractivity contribution in [3.05, 3.63) is 24.3 Å². The summed E-state index contributed by atoms with van der Waals surface area (Å²) in [6.45, 7) is 6.51. The van der Waals surface area contributed by atoms with Gasteiger partial charge in [0.05, 0.1) is 6.10 Å². The zero-order valence-corrected chi connectivity index (χ0v) is 12.4. The number of nitrogens with zero attached hydrogens (tertiary/aromatic N) is 1. The Kier molecular flexibility index (Phi) is 5.08. The SMILES string of the molecule is CCC(C)Oc1cccc(N2CCC(NC)CC2)c1. The monoisotopic (exact) mass is 262 g/mol. The van der Waals surface area contributed by atoms with Gasteiger partial charge in [-0.1, -0.05) is 13.0 Å². The van der Waals surface area contributed by atoms with Crippen molar-refractivity contribution in [2.75, 3.05) is 25.0 Å². The van der Waals surface area contributed by atoms with Crippen molar-refractivity contribution < 1.29 is 4.74 Å². The molecule has 3 nitrogen and oxygen atoms in total. The van der Waals surface area contributed by atoms with Crippen molar-refractivity contribution in [1.29, 1.82) is 0 Å². The molecule has 1 aromatic rings. The Balaban J connectivity index is 1.99. The van der Waals surface area contributed by atoms with Gasteiger partial charge in [-0.3, -0.25) is 0 Å². The zero-order chi connectivity index (χ0) is 13.7. The van der Waals surface area contributed by atoms with Crippen molar-refractivity contribution in [3.63, 3.8) is 0 Å². The van der Waals surface area contributed by atoms with Gasteiger partial charge in [-0.15, -0.1) is 0 Å². The maximum absolute atomic E-state index is 5.90. The van der Waals surface area contributed by atoms with Crippen LogP contribution in [0.15, 0.2) is 24.3 Å². The molecule has 3 heteroatoms. The Morgan fingerprint density at radius 3 is 2.74 bits per heavy atom. The highest BCUT2D eigenvalue weighted by molar-refractivity contribution is 5.51. The Morgan fingerprint density at radius 1 is 1.37 bits per heavy atom. The second-order valence-electron chi connectivity index (χ2n) is 5.38. The molecule has 19 heavy (non-hydrogen) atoms. The van der Waals surface area contributed by atoms with E-state index in [1.54, 1.807) is 0 Å². The maximum atomic E-state index is 5.90. The van der Waals surface area contributed by atoms with E-state index >= 15 is 0 Å². The third-order valence-corrected chi connectivity index (χ3v) is 4.00. The number of piperidine rings is 1. The van der Waals surface area contributed by atoms with Crippen LogP contribution in [0.1, 0.15) is 33.1 Å². The average Bonchev–Trinajstić information content (AvgIpc) is 2.47. The molecule has 1 unspecified atom stereocenters. The second kappa shape index (κ2) is 6.80. The maximum Gasteiger partial charge on any atom is 0.121 e. The second-order valence-corrected chi connectivity index (χ2v) is 5.38. The number of nitrogens with one attached hydrogen (secondary N) is 1. The third kappa shape index (κ3) is 3.87. The van der Waals surface area contributed by atoms with Gasteiger partial charge in [0.2, 0.25) is 0 Å². The van der Waals surface area contributed by atoms with E-state index in [4.69, 9.17) is 4.74 Å². The van der Waals surface area contributed by atoms with E-state index in [2.05, 4.69) is 55.4 Å². The van der Waals surface area contributed by atoms with Crippen molar-refractivity contribution in [2.24, 2.45) is 0 Å². The van der Waals surface area contributed by atoms with Crippen LogP contribution in [0.2, 0.25) is 0 Å². The first-order valence-corrected chi connectivity index (χ1v) is 7.42. The molecule has 1 aromatic carbocycles. The molecule has 1 saturated heterocycles. The van der Waals surface area contributed by atoms with Gasteiger partial charge in [-0.25, -0.2) is 0 Å². The summed E-state index contributed by atoms with van der Waals surface area (Å²) in [5.41, 5.74) is 1.29. The minimum atomic E-state index is 0.283. The highest BCUT2D eigenvalue weighted by Gasteiger charge is 2.18. The van der Waals surface area contributed by atoms with E-state index < -0.39 is 0 Å². The third-order valence-electron chi connectivity index (χ3n) is 4.00. The Morgan fingerprint density at radius 2 is 2.11 bits per heavy atom. The fraction of sp³-hybridized carbons (Fsp3) is 0.625. The van der Waals surface area contributed by atoms with Crippen LogP contribution < -0.4 is 15.0 Å². The Labute approximate surface area is 116 Å². The first-order chi connectivity index (χ1) is 9.22. The Bertz CT molecular complexity index is 386. The van der Waals surface area contributed by atoms with E-state index in [0.29, 0.717) is 6.04 Å². The summed E-state index contributed by atoms with van der Waals surface area (Å²) in [7, 11) is 2.06. The van der Waals surface area contributed by atoms with Gasteiger partial charge in [-0.2, -0.15) is 0 Å². The molecule has 0 spiro atoms. The fourth-order valence-corrected chi connectivity index (χ4v) is 2.50. The van der Waals surface area contributed by atoms with Crippen LogP contribution in [0.4, 0.5) is 5.69 Å².